The van der Waals surface area contributed by atoms with Crippen molar-refractivity contribution in [1.82, 2.24) is 4.90 Å². The molecular weight excluding hydrogens is 315 g/mol. The van der Waals surface area contributed by atoms with Gasteiger partial charge in [0.1, 0.15) is 5.82 Å². The van der Waals surface area contributed by atoms with E-state index in [1.54, 1.807) is 7.05 Å². The number of rotatable bonds is 4. The molecule has 0 aliphatic carbocycles. The Hall–Kier alpha value is -1.28. The summed E-state index contributed by atoms with van der Waals surface area (Å²) in [6.07, 6.45) is 0.470. The zero-order chi connectivity index (χ0) is 15.6. The van der Waals surface area contributed by atoms with Crippen LogP contribution in [0.1, 0.15) is 6.42 Å². The highest BCUT2D eigenvalue weighted by Crippen LogP contribution is 2.26. The molecule has 0 saturated carbocycles. The fraction of sp³-hybridized carbons (Fsp3) is 0.462. The highest BCUT2D eigenvalue weighted by atomic mass is 32.2. The Kier molecular flexibility index (Phi) is 4.77. The molecule has 1 fully saturated rings. The molecule has 1 unspecified atom stereocenters. The zero-order valence-electron chi connectivity index (χ0n) is 11.6. The molecule has 1 aliphatic heterocycles. The summed E-state index contributed by atoms with van der Waals surface area (Å²) in [5, 5.41) is 0. The van der Waals surface area contributed by atoms with Gasteiger partial charge in [-0.15, -0.1) is 11.8 Å². The number of nitrogens with zero attached hydrogens (tertiary/aromatic N) is 1. The average Bonchev–Trinajstić information content (AvgIpc) is 2.79. The van der Waals surface area contributed by atoms with E-state index in [1.165, 1.54) is 23.1 Å². The van der Waals surface area contributed by atoms with Crippen molar-refractivity contribution < 1.29 is 17.6 Å². The van der Waals surface area contributed by atoms with Crippen molar-refractivity contribution in [2.75, 3.05) is 30.0 Å². The quantitative estimate of drug-likeness (QED) is 0.661. The standard InChI is InChI=1S/C13H17FN2O3S2/c1-16(10-4-5-21(18,19)8-10)13(17)7-20-12-6-9(14)2-3-11(12)15/h2-3,6,10H,4-5,7-8,15H2,1H3. The molecule has 21 heavy (non-hydrogen) atoms. The van der Waals surface area contributed by atoms with Crippen LogP contribution < -0.4 is 5.73 Å². The number of nitrogens with two attached hydrogens (primary N) is 1. The summed E-state index contributed by atoms with van der Waals surface area (Å²) in [6, 6.07) is 3.73. The van der Waals surface area contributed by atoms with Crippen molar-refractivity contribution in [1.29, 1.82) is 0 Å². The van der Waals surface area contributed by atoms with Crippen LogP contribution in [0.4, 0.5) is 10.1 Å². The number of amides is 1. The van der Waals surface area contributed by atoms with Crippen molar-refractivity contribution in [2.24, 2.45) is 0 Å². The fourth-order valence-electron chi connectivity index (χ4n) is 2.16. The second-order valence-electron chi connectivity index (χ2n) is 5.03. The van der Waals surface area contributed by atoms with E-state index < -0.39 is 15.7 Å². The number of anilines is 1. The number of benzene rings is 1. The number of hydrogen-bond acceptors (Lipinski definition) is 5. The van der Waals surface area contributed by atoms with Crippen molar-refractivity contribution in [2.45, 2.75) is 17.4 Å². The van der Waals surface area contributed by atoms with E-state index in [4.69, 9.17) is 5.73 Å². The summed E-state index contributed by atoms with van der Waals surface area (Å²) in [5.74, 6) is -0.359. The molecule has 116 valence electrons. The molecule has 2 rings (SSSR count). The van der Waals surface area contributed by atoms with E-state index in [1.807, 2.05) is 0 Å². The minimum Gasteiger partial charge on any atom is -0.398 e. The van der Waals surface area contributed by atoms with Gasteiger partial charge in [-0.2, -0.15) is 0 Å². The maximum Gasteiger partial charge on any atom is 0.232 e. The monoisotopic (exact) mass is 332 g/mol. The number of carbonyl (C=O) groups excluding carboxylic acids is 1. The molecule has 5 nitrogen and oxygen atoms in total. The van der Waals surface area contributed by atoms with E-state index in [0.717, 1.165) is 11.8 Å². The SMILES string of the molecule is CN(C(=O)CSc1cc(F)ccc1N)C1CCS(=O)(=O)C1. The van der Waals surface area contributed by atoms with Crippen LogP contribution in [0.3, 0.4) is 0 Å². The van der Waals surface area contributed by atoms with Gasteiger partial charge in [-0.25, -0.2) is 12.8 Å². The first-order chi connectivity index (χ1) is 9.78. The fourth-order valence-corrected chi connectivity index (χ4v) is 4.85. The lowest BCUT2D eigenvalue weighted by Gasteiger charge is -2.23. The lowest BCUT2D eigenvalue weighted by atomic mass is 10.2. The van der Waals surface area contributed by atoms with Gasteiger partial charge in [0.15, 0.2) is 9.84 Å². The van der Waals surface area contributed by atoms with Gasteiger partial charge in [-0.05, 0) is 24.6 Å². The molecule has 0 spiro atoms. The van der Waals surface area contributed by atoms with E-state index in [-0.39, 0.29) is 29.2 Å². The topological polar surface area (TPSA) is 80.5 Å². The molecule has 0 radical (unpaired) electrons. The molecule has 1 aliphatic rings. The van der Waals surface area contributed by atoms with Crippen molar-refractivity contribution in [3.05, 3.63) is 24.0 Å². The van der Waals surface area contributed by atoms with Crippen LogP contribution in [-0.2, 0) is 14.6 Å². The van der Waals surface area contributed by atoms with Gasteiger partial charge in [0.05, 0.1) is 17.3 Å². The summed E-state index contributed by atoms with van der Waals surface area (Å²) in [4.78, 5) is 14.1. The van der Waals surface area contributed by atoms with E-state index >= 15 is 0 Å². The maximum atomic E-state index is 13.1. The normalized spacial score (nSPS) is 20.4. The molecule has 1 saturated heterocycles. The van der Waals surface area contributed by atoms with E-state index in [2.05, 4.69) is 0 Å². The van der Waals surface area contributed by atoms with E-state index in [0.29, 0.717) is 17.0 Å². The average molecular weight is 332 g/mol. The zero-order valence-corrected chi connectivity index (χ0v) is 13.2. The van der Waals surface area contributed by atoms with Gasteiger partial charge < -0.3 is 10.6 Å². The number of thioether (sulfide) groups is 1. The number of halogens is 1. The highest BCUT2D eigenvalue weighted by Gasteiger charge is 2.32. The van der Waals surface area contributed by atoms with Crippen molar-refractivity contribution in [3.63, 3.8) is 0 Å². The minimum absolute atomic E-state index is 0.0159. The van der Waals surface area contributed by atoms with Gasteiger partial charge in [0.2, 0.25) is 5.91 Å². The summed E-state index contributed by atoms with van der Waals surface area (Å²) in [6.45, 7) is 0. The molecule has 1 amide bonds. The van der Waals surface area contributed by atoms with Crippen LogP contribution in [0, 0.1) is 5.82 Å². The Balaban J connectivity index is 1.94. The molecule has 2 N–H and O–H groups in total. The Morgan fingerprint density at radius 3 is 2.86 bits per heavy atom. The van der Waals surface area contributed by atoms with Gasteiger partial charge >= 0.3 is 0 Å². The van der Waals surface area contributed by atoms with Crippen LogP contribution in [0.25, 0.3) is 0 Å². The Labute approximate surface area is 127 Å². The summed E-state index contributed by atoms with van der Waals surface area (Å²) in [7, 11) is -1.42. The predicted molar refractivity (Wildman–Crippen MR) is 81.4 cm³/mol. The lowest BCUT2D eigenvalue weighted by Crippen LogP contribution is -2.38. The second kappa shape index (κ2) is 6.23. The smallest absolute Gasteiger partial charge is 0.232 e. The Morgan fingerprint density at radius 2 is 2.24 bits per heavy atom. The number of hydrogen-bond donors (Lipinski definition) is 1. The van der Waals surface area contributed by atoms with Gasteiger partial charge in [0, 0.05) is 23.7 Å². The first-order valence-corrected chi connectivity index (χ1v) is 9.23. The molecule has 1 heterocycles. The largest absolute Gasteiger partial charge is 0.398 e. The molecule has 0 bridgehead atoms. The van der Waals surface area contributed by atoms with Crippen LogP contribution in [0.15, 0.2) is 23.1 Å². The highest BCUT2D eigenvalue weighted by molar-refractivity contribution is 8.00. The molecular formula is C13H17FN2O3S2. The Morgan fingerprint density at radius 1 is 1.52 bits per heavy atom. The summed E-state index contributed by atoms with van der Waals surface area (Å²) >= 11 is 1.15. The number of sulfone groups is 1. The van der Waals surface area contributed by atoms with Crippen LogP contribution >= 0.6 is 11.8 Å². The van der Waals surface area contributed by atoms with Crippen LogP contribution in [0.5, 0.6) is 0 Å². The number of nitrogen functional groups attached to an aromatic ring is 1. The maximum absolute atomic E-state index is 13.1. The minimum atomic E-state index is -3.02. The second-order valence-corrected chi connectivity index (χ2v) is 8.28. The van der Waals surface area contributed by atoms with Crippen molar-refractivity contribution >= 4 is 33.2 Å². The Bertz CT molecular complexity index is 649. The van der Waals surface area contributed by atoms with Crippen molar-refractivity contribution in [3.8, 4) is 0 Å². The molecule has 8 heteroatoms. The summed E-state index contributed by atoms with van der Waals surface area (Å²) in [5.41, 5.74) is 6.13. The third-order valence-corrected chi connectivity index (χ3v) is 6.28. The summed E-state index contributed by atoms with van der Waals surface area (Å²) < 4.78 is 36.0. The predicted octanol–water partition coefficient (Wildman–Crippen LogP) is 1.15. The van der Waals surface area contributed by atoms with E-state index in [9.17, 15) is 17.6 Å². The molecule has 1 atom stereocenters. The first kappa shape index (κ1) is 16.1. The van der Waals surface area contributed by atoms with Gasteiger partial charge in [0.25, 0.3) is 0 Å². The molecule has 1 aromatic rings. The molecule has 1 aromatic carbocycles. The first-order valence-electron chi connectivity index (χ1n) is 6.42. The lowest BCUT2D eigenvalue weighted by molar-refractivity contribution is -0.128. The molecule has 0 aromatic heterocycles. The number of carbonyl (C=O) groups is 1. The third kappa shape index (κ3) is 4.10. The van der Waals surface area contributed by atoms with Gasteiger partial charge in [-0.3, -0.25) is 4.79 Å². The van der Waals surface area contributed by atoms with Gasteiger partial charge in [-0.1, -0.05) is 0 Å². The van der Waals surface area contributed by atoms with Crippen LogP contribution in [-0.4, -0.2) is 49.6 Å². The van der Waals surface area contributed by atoms with Crippen LogP contribution in [0.2, 0.25) is 0 Å². The third-order valence-electron chi connectivity index (χ3n) is 3.48.